The predicted molar refractivity (Wildman–Crippen MR) is 179 cm³/mol. The van der Waals surface area contributed by atoms with Crippen molar-refractivity contribution in [3.05, 3.63) is 126 Å². The summed E-state index contributed by atoms with van der Waals surface area (Å²) in [7, 11) is 1.61. The summed E-state index contributed by atoms with van der Waals surface area (Å²) >= 11 is 2.69. The van der Waals surface area contributed by atoms with Crippen molar-refractivity contribution in [1.29, 1.82) is 0 Å². The van der Waals surface area contributed by atoms with Crippen LogP contribution in [0.2, 0.25) is 0 Å². The molecule has 0 fully saturated rings. The van der Waals surface area contributed by atoms with Crippen LogP contribution >= 0.6 is 23.1 Å². The van der Waals surface area contributed by atoms with Gasteiger partial charge in [0.25, 0.3) is 11.8 Å². The van der Waals surface area contributed by atoms with Gasteiger partial charge in [0.15, 0.2) is 5.13 Å². The van der Waals surface area contributed by atoms with Crippen molar-refractivity contribution < 1.29 is 19.1 Å². The average Bonchev–Trinajstić information content (AvgIpc) is 3.54. The van der Waals surface area contributed by atoms with E-state index in [0.717, 1.165) is 21.9 Å². The average molecular weight is 636 g/mol. The van der Waals surface area contributed by atoms with E-state index in [-0.39, 0.29) is 11.6 Å². The highest BCUT2D eigenvalue weighted by molar-refractivity contribution is 8.00. The standard InChI is InChI=1S/C34H29N5O4S2/c1-22(31(40)39-34-38-30(21-44-34)25-12-6-14-27(18-25)43-2)45-28-15-7-13-26(19-28)36-33(42)29(17-23-9-8-16-35-20-23)37-32(41)24-10-4-3-5-11-24/h3-22H,1-2H3,(H,36,42)(H,37,41)(H,38,39,40)/b29-17-. The number of benzene rings is 3. The first-order valence-corrected chi connectivity index (χ1v) is 15.6. The number of thiazole rings is 1. The lowest BCUT2D eigenvalue weighted by Crippen LogP contribution is -2.30. The van der Waals surface area contributed by atoms with Gasteiger partial charge in [-0.2, -0.15) is 0 Å². The van der Waals surface area contributed by atoms with Gasteiger partial charge in [-0.15, -0.1) is 23.1 Å². The van der Waals surface area contributed by atoms with Crippen LogP contribution in [0.5, 0.6) is 5.75 Å². The maximum atomic E-state index is 13.4. The summed E-state index contributed by atoms with van der Waals surface area (Å²) in [5.41, 5.74) is 3.27. The van der Waals surface area contributed by atoms with Crippen LogP contribution in [0.4, 0.5) is 10.8 Å². The van der Waals surface area contributed by atoms with Crippen molar-refractivity contribution in [3.63, 3.8) is 0 Å². The SMILES string of the molecule is COc1cccc(-c2csc(NC(=O)C(C)Sc3cccc(NC(=O)/C(=C/c4cccnc4)NC(=O)c4ccccc4)c3)n2)c1. The van der Waals surface area contributed by atoms with Crippen LogP contribution in [0.3, 0.4) is 0 Å². The van der Waals surface area contributed by atoms with Crippen molar-refractivity contribution in [2.45, 2.75) is 17.1 Å². The molecular weight excluding hydrogens is 607 g/mol. The Balaban J connectivity index is 1.24. The second-order valence-corrected chi connectivity index (χ2v) is 11.9. The molecule has 1 atom stereocenters. The normalized spacial score (nSPS) is 11.7. The number of carbonyl (C=O) groups excluding carboxylic acids is 3. The molecule has 0 saturated carbocycles. The highest BCUT2D eigenvalue weighted by Gasteiger charge is 2.18. The monoisotopic (exact) mass is 635 g/mol. The molecule has 0 spiro atoms. The summed E-state index contributed by atoms with van der Waals surface area (Å²) in [5.74, 6) is -0.397. The summed E-state index contributed by atoms with van der Waals surface area (Å²) in [5, 5.41) is 10.4. The first-order valence-electron chi connectivity index (χ1n) is 13.8. The number of aromatic nitrogens is 2. The van der Waals surface area contributed by atoms with Crippen LogP contribution in [0.15, 0.2) is 119 Å². The van der Waals surface area contributed by atoms with Crippen molar-refractivity contribution in [3.8, 4) is 17.0 Å². The Labute approximate surface area is 268 Å². The minimum absolute atomic E-state index is 0.0550. The van der Waals surface area contributed by atoms with E-state index >= 15 is 0 Å². The predicted octanol–water partition coefficient (Wildman–Crippen LogP) is 6.74. The van der Waals surface area contributed by atoms with Gasteiger partial charge in [0.05, 0.1) is 18.1 Å². The van der Waals surface area contributed by atoms with Crippen molar-refractivity contribution in [2.75, 3.05) is 17.7 Å². The highest BCUT2D eigenvalue weighted by Crippen LogP contribution is 2.30. The van der Waals surface area contributed by atoms with E-state index in [1.165, 1.54) is 23.1 Å². The summed E-state index contributed by atoms with van der Waals surface area (Å²) in [4.78, 5) is 48.7. The maximum Gasteiger partial charge on any atom is 0.272 e. The fourth-order valence-corrected chi connectivity index (χ4v) is 5.78. The third-order valence-corrected chi connectivity index (χ3v) is 8.25. The summed E-state index contributed by atoms with van der Waals surface area (Å²) in [6.07, 6.45) is 4.78. The van der Waals surface area contributed by atoms with Gasteiger partial charge in [-0.1, -0.05) is 42.5 Å². The fraction of sp³-hybridized carbons (Fsp3) is 0.0882. The number of ether oxygens (including phenoxy) is 1. The van der Waals surface area contributed by atoms with Crippen LogP contribution in [0, 0.1) is 0 Å². The van der Waals surface area contributed by atoms with Gasteiger partial charge in [-0.25, -0.2) is 4.98 Å². The topological polar surface area (TPSA) is 122 Å². The number of hydrogen-bond donors (Lipinski definition) is 3. The summed E-state index contributed by atoms with van der Waals surface area (Å²) < 4.78 is 5.29. The van der Waals surface area contributed by atoms with Crippen LogP contribution in [-0.4, -0.2) is 40.0 Å². The Morgan fingerprint density at radius 3 is 2.53 bits per heavy atom. The molecule has 0 bridgehead atoms. The zero-order valence-electron chi connectivity index (χ0n) is 24.4. The van der Waals surface area contributed by atoms with E-state index in [2.05, 4.69) is 25.9 Å². The van der Waals surface area contributed by atoms with Gasteiger partial charge >= 0.3 is 0 Å². The largest absolute Gasteiger partial charge is 0.497 e. The van der Waals surface area contributed by atoms with E-state index in [4.69, 9.17) is 4.74 Å². The first-order chi connectivity index (χ1) is 21.9. The van der Waals surface area contributed by atoms with E-state index in [9.17, 15) is 14.4 Å². The molecule has 0 aliphatic heterocycles. The number of nitrogens with one attached hydrogen (secondary N) is 3. The van der Waals surface area contributed by atoms with Crippen LogP contribution < -0.4 is 20.7 Å². The number of amides is 3. The Bertz CT molecular complexity index is 1830. The molecule has 226 valence electrons. The van der Waals surface area contributed by atoms with E-state index in [1.807, 2.05) is 41.8 Å². The molecule has 0 radical (unpaired) electrons. The number of carbonyl (C=O) groups is 3. The third-order valence-electron chi connectivity index (χ3n) is 6.40. The summed E-state index contributed by atoms with van der Waals surface area (Å²) in [6, 6.07) is 26.9. The second-order valence-electron chi connectivity index (χ2n) is 9.67. The number of thioether (sulfide) groups is 1. The van der Waals surface area contributed by atoms with E-state index in [1.54, 1.807) is 87.1 Å². The molecule has 45 heavy (non-hydrogen) atoms. The lowest BCUT2D eigenvalue weighted by atomic mass is 10.2. The van der Waals surface area contributed by atoms with Crippen molar-refractivity contribution in [1.82, 2.24) is 15.3 Å². The lowest BCUT2D eigenvalue weighted by Gasteiger charge is -2.13. The molecule has 3 N–H and O–H groups in total. The number of anilines is 2. The molecule has 3 aromatic carbocycles. The Hall–Kier alpha value is -5.26. The number of rotatable bonds is 11. The number of hydrogen-bond acceptors (Lipinski definition) is 8. The third kappa shape index (κ3) is 8.65. The minimum Gasteiger partial charge on any atom is -0.497 e. The second kappa shape index (κ2) is 15.0. The van der Waals surface area contributed by atoms with Crippen LogP contribution in [0.25, 0.3) is 17.3 Å². The Morgan fingerprint density at radius 2 is 1.76 bits per heavy atom. The highest BCUT2D eigenvalue weighted by atomic mass is 32.2. The van der Waals surface area contributed by atoms with Crippen LogP contribution in [0.1, 0.15) is 22.8 Å². The molecule has 0 aliphatic rings. The van der Waals surface area contributed by atoms with Gasteiger partial charge in [0.2, 0.25) is 5.91 Å². The molecule has 11 heteroatoms. The minimum atomic E-state index is -0.508. The van der Waals surface area contributed by atoms with Crippen molar-refractivity contribution in [2.24, 2.45) is 0 Å². The van der Waals surface area contributed by atoms with Gasteiger partial charge in [-0.3, -0.25) is 19.4 Å². The molecule has 9 nitrogen and oxygen atoms in total. The quantitative estimate of drug-likeness (QED) is 0.109. The zero-order chi connectivity index (χ0) is 31.6. The van der Waals surface area contributed by atoms with E-state index < -0.39 is 17.1 Å². The number of pyridine rings is 1. The maximum absolute atomic E-state index is 13.4. The molecule has 5 rings (SSSR count). The molecule has 0 aliphatic carbocycles. The Kier molecular flexibility index (Phi) is 10.4. The fourth-order valence-electron chi connectivity index (χ4n) is 4.13. The lowest BCUT2D eigenvalue weighted by molar-refractivity contribution is -0.115. The molecule has 5 aromatic rings. The van der Waals surface area contributed by atoms with Crippen LogP contribution in [-0.2, 0) is 9.59 Å². The number of methoxy groups -OCH3 is 1. The molecule has 3 amide bonds. The molecule has 2 aromatic heterocycles. The van der Waals surface area contributed by atoms with E-state index in [0.29, 0.717) is 21.9 Å². The smallest absolute Gasteiger partial charge is 0.272 e. The number of nitrogens with zero attached hydrogens (tertiary/aromatic N) is 2. The molecule has 2 heterocycles. The van der Waals surface area contributed by atoms with Crippen molar-refractivity contribution >= 4 is 57.7 Å². The van der Waals surface area contributed by atoms with Gasteiger partial charge in [0, 0.05) is 39.5 Å². The van der Waals surface area contributed by atoms with Gasteiger partial charge < -0.3 is 20.7 Å². The Morgan fingerprint density at radius 1 is 0.933 bits per heavy atom. The molecular formula is C34H29N5O4S2. The first kappa shape index (κ1) is 31.2. The molecule has 0 saturated heterocycles. The van der Waals surface area contributed by atoms with Gasteiger partial charge in [0.1, 0.15) is 11.4 Å². The van der Waals surface area contributed by atoms with Gasteiger partial charge in [-0.05, 0) is 67.1 Å². The summed E-state index contributed by atoms with van der Waals surface area (Å²) in [6.45, 7) is 1.80. The zero-order valence-corrected chi connectivity index (χ0v) is 26.0. The molecule has 1 unspecified atom stereocenters.